The average Bonchev–Trinajstić information content (AvgIpc) is 2.21. The Morgan fingerprint density at radius 1 is 1.47 bits per heavy atom. The molecule has 0 heterocycles. The van der Waals surface area contributed by atoms with Gasteiger partial charge in [-0.1, -0.05) is 28.1 Å². The lowest BCUT2D eigenvalue weighted by molar-refractivity contribution is -0.123. The number of hydrogen-bond donors (Lipinski definition) is 1. The second-order valence-electron chi connectivity index (χ2n) is 3.30. The fraction of sp³-hybridized carbons (Fsp3) is 0.273. The van der Waals surface area contributed by atoms with Crippen LogP contribution in [0, 0.1) is 0 Å². The molecule has 15 heavy (non-hydrogen) atoms. The molecule has 0 aromatic heterocycles. The standard InChI is InChI=1S/C11H12BrNO2/c1-8(7-14)13-11(15)6-9-2-4-10(12)5-3-9/h2-5,7-8H,6H2,1H3,(H,13,15)/t8-/m0/s1. The topological polar surface area (TPSA) is 46.2 Å². The summed E-state index contributed by atoms with van der Waals surface area (Å²) in [5.74, 6) is -0.142. The van der Waals surface area contributed by atoms with Crippen LogP contribution in [-0.4, -0.2) is 18.2 Å². The quantitative estimate of drug-likeness (QED) is 0.846. The summed E-state index contributed by atoms with van der Waals surface area (Å²) in [6, 6.07) is 7.08. The molecule has 0 aliphatic carbocycles. The highest BCUT2D eigenvalue weighted by Gasteiger charge is 2.06. The Morgan fingerprint density at radius 3 is 2.60 bits per heavy atom. The first-order valence-corrected chi connectivity index (χ1v) is 5.40. The zero-order valence-corrected chi connectivity index (χ0v) is 9.95. The third-order valence-corrected chi connectivity index (χ3v) is 2.40. The van der Waals surface area contributed by atoms with Crippen LogP contribution in [0.15, 0.2) is 28.7 Å². The Balaban J connectivity index is 2.51. The summed E-state index contributed by atoms with van der Waals surface area (Å²) < 4.78 is 0.980. The predicted molar refractivity (Wildman–Crippen MR) is 61.5 cm³/mol. The molecular weight excluding hydrogens is 258 g/mol. The van der Waals surface area contributed by atoms with E-state index in [0.717, 1.165) is 10.0 Å². The van der Waals surface area contributed by atoms with Crippen molar-refractivity contribution in [1.29, 1.82) is 0 Å². The van der Waals surface area contributed by atoms with Crippen LogP contribution in [0.5, 0.6) is 0 Å². The smallest absolute Gasteiger partial charge is 0.224 e. The van der Waals surface area contributed by atoms with E-state index in [-0.39, 0.29) is 5.91 Å². The first-order chi connectivity index (χ1) is 7.11. The monoisotopic (exact) mass is 269 g/mol. The molecule has 80 valence electrons. The normalized spacial score (nSPS) is 11.9. The third kappa shape index (κ3) is 4.25. The van der Waals surface area contributed by atoms with Crippen LogP contribution in [-0.2, 0) is 16.0 Å². The number of nitrogens with one attached hydrogen (secondary N) is 1. The van der Waals surface area contributed by atoms with Crippen molar-refractivity contribution in [2.24, 2.45) is 0 Å². The average molecular weight is 270 g/mol. The van der Waals surface area contributed by atoms with Gasteiger partial charge in [-0.3, -0.25) is 4.79 Å². The Kier molecular flexibility index (Phi) is 4.49. The number of halogens is 1. The maximum atomic E-state index is 11.4. The van der Waals surface area contributed by atoms with Gasteiger partial charge in [0.25, 0.3) is 0 Å². The molecule has 0 aliphatic rings. The minimum atomic E-state index is -0.423. The summed E-state index contributed by atoms with van der Waals surface area (Å²) in [6.07, 6.45) is 1.00. The molecule has 1 aromatic rings. The van der Waals surface area contributed by atoms with Crippen LogP contribution in [0.2, 0.25) is 0 Å². The van der Waals surface area contributed by atoms with E-state index in [1.54, 1.807) is 6.92 Å². The summed E-state index contributed by atoms with van der Waals surface area (Å²) in [5, 5.41) is 2.57. The third-order valence-electron chi connectivity index (χ3n) is 1.87. The number of aldehydes is 1. The van der Waals surface area contributed by atoms with Crippen molar-refractivity contribution in [3.8, 4) is 0 Å². The molecule has 4 heteroatoms. The Bertz CT molecular complexity index is 348. The van der Waals surface area contributed by atoms with Crippen molar-refractivity contribution in [2.45, 2.75) is 19.4 Å². The van der Waals surface area contributed by atoms with Gasteiger partial charge in [-0.15, -0.1) is 0 Å². The summed E-state index contributed by atoms with van der Waals surface area (Å²) in [5.41, 5.74) is 0.925. The molecule has 0 saturated carbocycles. The van der Waals surface area contributed by atoms with Crippen LogP contribution in [0.3, 0.4) is 0 Å². The molecule has 1 N–H and O–H groups in total. The lowest BCUT2D eigenvalue weighted by Gasteiger charge is -2.07. The van der Waals surface area contributed by atoms with Crippen molar-refractivity contribution >= 4 is 28.1 Å². The number of amides is 1. The number of benzene rings is 1. The van der Waals surface area contributed by atoms with Gasteiger partial charge < -0.3 is 10.1 Å². The summed E-state index contributed by atoms with van der Waals surface area (Å²) >= 11 is 3.32. The molecule has 1 rings (SSSR count). The van der Waals surface area contributed by atoms with Gasteiger partial charge in [-0.05, 0) is 24.6 Å². The molecule has 0 fully saturated rings. The van der Waals surface area contributed by atoms with E-state index < -0.39 is 6.04 Å². The molecule has 0 radical (unpaired) electrons. The fourth-order valence-corrected chi connectivity index (χ4v) is 1.39. The van der Waals surface area contributed by atoms with Gasteiger partial charge >= 0.3 is 0 Å². The summed E-state index contributed by atoms with van der Waals surface area (Å²) in [4.78, 5) is 21.7. The van der Waals surface area contributed by atoms with Gasteiger partial charge in [-0.25, -0.2) is 0 Å². The van der Waals surface area contributed by atoms with Crippen LogP contribution < -0.4 is 5.32 Å². The zero-order chi connectivity index (χ0) is 11.3. The molecule has 0 spiro atoms. The van der Waals surface area contributed by atoms with Crippen molar-refractivity contribution in [1.82, 2.24) is 5.32 Å². The van der Waals surface area contributed by atoms with E-state index in [4.69, 9.17) is 0 Å². The number of hydrogen-bond acceptors (Lipinski definition) is 2. The van der Waals surface area contributed by atoms with E-state index >= 15 is 0 Å². The maximum absolute atomic E-state index is 11.4. The molecule has 0 saturated heterocycles. The van der Waals surface area contributed by atoms with Crippen LogP contribution in [0.25, 0.3) is 0 Å². The highest BCUT2D eigenvalue weighted by atomic mass is 79.9. The highest BCUT2D eigenvalue weighted by Crippen LogP contribution is 2.10. The van der Waals surface area contributed by atoms with Crippen molar-refractivity contribution in [3.63, 3.8) is 0 Å². The maximum Gasteiger partial charge on any atom is 0.224 e. The molecular formula is C11H12BrNO2. The van der Waals surface area contributed by atoms with Crippen LogP contribution >= 0.6 is 15.9 Å². The molecule has 0 unspecified atom stereocenters. The van der Waals surface area contributed by atoms with Gasteiger partial charge in [-0.2, -0.15) is 0 Å². The molecule has 1 aromatic carbocycles. The fourth-order valence-electron chi connectivity index (χ4n) is 1.13. The summed E-state index contributed by atoms with van der Waals surface area (Å²) in [6.45, 7) is 1.65. The first kappa shape index (κ1) is 11.9. The summed E-state index contributed by atoms with van der Waals surface area (Å²) in [7, 11) is 0. The van der Waals surface area contributed by atoms with Gasteiger partial charge in [0.1, 0.15) is 6.29 Å². The van der Waals surface area contributed by atoms with Gasteiger partial charge in [0.05, 0.1) is 12.5 Å². The predicted octanol–water partition coefficient (Wildman–Crippen LogP) is 1.70. The second kappa shape index (κ2) is 5.66. The lowest BCUT2D eigenvalue weighted by Crippen LogP contribution is -2.34. The minimum absolute atomic E-state index is 0.142. The Hall–Kier alpha value is -1.16. The number of carbonyl (C=O) groups is 2. The van der Waals surface area contributed by atoms with E-state index in [9.17, 15) is 9.59 Å². The number of carbonyl (C=O) groups excluding carboxylic acids is 2. The van der Waals surface area contributed by atoms with Crippen LogP contribution in [0.4, 0.5) is 0 Å². The van der Waals surface area contributed by atoms with E-state index in [1.807, 2.05) is 24.3 Å². The SMILES string of the molecule is C[C@@H](C=O)NC(=O)Cc1ccc(Br)cc1. The van der Waals surface area contributed by atoms with E-state index in [2.05, 4.69) is 21.2 Å². The van der Waals surface area contributed by atoms with E-state index in [0.29, 0.717) is 12.7 Å². The molecule has 3 nitrogen and oxygen atoms in total. The minimum Gasteiger partial charge on any atom is -0.347 e. The molecule has 0 aliphatic heterocycles. The molecule has 0 bridgehead atoms. The van der Waals surface area contributed by atoms with Crippen molar-refractivity contribution in [3.05, 3.63) is 34.3 Å². The Labute approximate surface area is 97.0 Å². The van der Waals surface area contributed by atoms with Gasteiger partial charge in [0.2, 0.25) is 5.91 Å². The van der Waals surface area contributed by atoms with Gasteiger partial charge in [0.15, 0.2) is 0 Å². The van der Waals surface area contributed by atoms with Crippen molar-refractivity contribution < 1.29 is 9.59 Å². The number of rotatable bonds is 4. The second-order valence-corrected chi connectivity index (χ2v) is 4.21. The Morgan fingerprint density at radius 2 is 2.07 bits per heavy atom. The van der Waals surface area contributed by atoms with E-state index in [1.165, 1.54) is 0 Å². The van der Waals surface area contributed by atoms with Crippen LogP contribution in [0.1, 0.15) is 12.5 Å². The molecule has 1 amide bonds. The zero-order valence-electron chi connectivity index (χ0n) is 8.37. The van der Waals surface area contributed by atoms with Gasteiger partial charge in [0, 0.05) is 4.47 Å². The first-order valence-electron chi connectivity index (χ1n) is 4.61. The highest BCUT2D eigenvalue weighted by molar-refractivity contribution is 9.10. The lowest BCUT2D eigenvalue weighted by atomic mass is 10.1. The largest absolute Gasteiger partial charge is 0.347 e. The molecule has 1 atom stereocenters. The van der Waals surface area contributed by atoms with Crippen molar-refractivity contribution in [2.75, 3.05) is 0 Å².